The Hall–Kier alpha value is -3.08. The number of nitrogens with one attached hydrogen (secondary N) is 2. The summed E-state index contributed by atoms with van der Waals surface area (Å²) in [6, 6.07) is 15.6. The molecule has 2 N–H and O–H groups in total. The van der Waals surface area contributed by atoms with Crippen molar-refractivity contribution >= 4 is 22.8 Å². The first kappa shape index (κ1) is 16.1. The fourth-order valence-electron chi connectivity index (χ4n) is 4.45. The van der Waals surface area contributed by atoms with Crippen LogP contribution in [0.4, 0.5) is 4.79 Å². The van der Waals surface area contributed by atoms with Crippen LogP contribution >= 0.6 is 0 Å². The van der Waals surface area contributed by atoms with Crippen LogP contribution in [0.2, 0.25) is 0 Å². The van der Waals surface area contributed by atoms with Crippen molar-refractivity contribution in [3.8, 4) is 0 Å². The third-order valence-corrected chi connectivity index (χ3v) is 5.78. The summed E-state index contributed by atoms with van der Waals surface area (Å²) in [6.07, 6.45) is 4.30. The number of imide groups is 1. The molecule has 1 unspecified atom stereocenters. The molecule has 1 saturated heterocycles. The number of urea groups is 1. The number of rotatable bonds is 4. The van der Waals surface area contributed by atoms with Crippen LogP contribution in [-0.4, -0.2) is 34.4 Å². The Labute approximate surface area is 157 Å². The smallest absolute Gasteiger partial charge is 0.324 e. The molecule has 27 heavy (non-hydrogen) atoms. The van der Waals surface area contributed by atoms with Crippen LogP contribution in [0.5, 0.6) is 0 Å². The van der Waals surface area contributed by atoms with Crippen LogP contribution in [0.15, 0.2) is 54.7 Å². The highest BCUT2D eigenvalue weighted by Gasteiger charge is 2.39. The number of aromatic amines is 1. The number of aromatic nitrogens is 1. The topological polar surface area (TPSA) is 65.2 Å². The van der Waals surface area contributed by atoms with Gasteiger partial charge in [-0.15, -0.1) is 0 Å². The molecule has 136 valence electrons. The van der Waals surface area contributed by atoms with E-state index in [-0.39, 0.29) is 11.9 Å². The molecular weight excluding hydrogens is 338 g/mol. The summed E-state index contributed by atoms with van der Waals surface area (Å²) >= 11 is 0. The number of fused-ring (bicyclic) bond motifs is 2. The molecule has 1 aromatic heterocycles. The summed E-state index contributed by atoms with van der Waals surface area (Å²) < 4.78 is 0. The Morgan fingerprint density at radius 2 is 1.67 bits per heavy atom. The van der Waals surface area contributed by atoms with E-state index in [0.29, 0.717) is 18.9 Å². The van der Waals surface area contributed by atoms with Crippen LogP contribution in [0.25, 0.3) is 10.9 Å². The first-order valence-electron chi connectivity index (χ1n) is 9.42. The molecule has 5 rings (SSSR count). The van der Waals surface area contributed by atoms with Crippen molar-refractivity contribution in [3.63, 3.8) is 0 Å². The molecule has 1 aliphatic heterocycles. The maximum Gasteiger partial charge on any atom is 0.324 e. The van der Waals surface area contributed by atoms with Gasteiger partial charge in [0, 0.05) is 30.1 Å². The first-order chi connectivity index (χ1) is 13.2. The third-order valence-electron chi connectivity index (χ3n) is 5.78. The number of amides is 3. The van der Waals surface area contributed by atoms with E-state index in [2.05, 4.69) is 22.4 Å². The lowest BCUT2D eigenvalue weighted by molar-refractivity contribution is -0.127. The number of hydrogen-bond acceptors (Lipinski definition) is 2. The minimum Gasteiger partial charge on any atom is -0.361 e. The van der Waals surface area contributed by atoms with Crippen LogP contribution in [0.1, 0.15) is 16.7 Å². The van der Waals surface area contributed by atoms with Crippen molar-refractivity contribution in [3.05, 3.63) is 71.4 Å². The Kier molecular flexibility index (Phi) is 3.74. The number of H-pyrrole nitrogens is 1. The van der Waals surface area contributed by atoms with Gasteiger partial charge in [0.05, 0.1) is 0 Å². The SMILES string of the molecule is O=C1NC(Cc2c[nH]c3ccccc23)C(=O)N1CC1Cc2ccccc2C1. The molecule has 1 aliphatic carbocycles. The van der Waals surface area contributed by atoms with Crippen LogP contribution in [0.3, 0.4) is 0 Å². The number of benzene rings is 2. The number of hydrogen-bond donors (Lipinski definition) is 2. The fraction of sp³-hybridized carbons (Fsp3) is 0.273. The molecule has 1 fully saturated rings. The highest BCUT2D eigenvalue weighted by Crippen LogP contribution is 2.28. The number of nitrogens with zero attached hydrogens (tertiary/aromatic N) is 1. The van der Waals surface area contributed by atoms with Gasteiger partial charge in [0.15, 0.2) is 0 Å². The fourth-order valence-corrected chi connectivity index (χ4v) is 4.45. The van der Waals surface area contributed by atoms with Gasteiger partial charge in [-0.2, -0.15) is 0 Å². The van der Waals surface area contributed by atoms with E-state index in [1.165, 1.54) is 16.0 Å². The van der Waals surface area contributed by atoms with Crippen LogP contribution < -0.4 is 5.32 Å². The normalized spacial score (nSPS) is 19.7. The molecule has 3 aromatic rings. The van der Waals surface area contributed by atoms with Crippen LogP contribution in [-0.2, 0) is 24.1 Å². The van der Waals surface area contributed by atoms with Gasteiger partial charge < -0.3 is 10.3 Å². The summed E-state index contributed by atoms with van der Waals surface area (Å²) in [5.74, 6) is 0.199. The van der Waals surface area contributed by atoms with E-state index in [1.54, 1.807) is 0 Å². The number of para-hydroxylation sites is 1. The predicted molar refractivity (Wildman–Crippen MR) is 103 cm³/mol. The standard InChI is InChI=1S/C22H21N3O2/c26-21-20(11-17-12-23-19-8-4-3-7-18(17)19)24-22(27)25(21)13-14-9-15-5-1-2-6-16(15)10-14/h1-8,12,14,20,23H,9-11,13H2,(H,24,27). The third kappa shape index (κ3) is 2.79. The van der Waals surface area contributed by atoms with Crippen molar-refractivity contribution < 1.29 is 9.59 Å². The lowest BCUT2D eigenvalue weighted by Crippen LogP contribution is -2.36. The van der Waals surface area contributed by atoms with E-state index >= 15 is 0 Å². The van der Waals surface area contributed by atoms with E-state index in [0.717, 1.165) is 29.3 Å². The van der Waals surface area contributed by atoms with Gasteiger partial charge in [-0.3, -0.25) is 9.69 Å². The Morgan fingerprint density at radius 1 is 0.963 bits per heavy atom. The van der Waals surface area contributed by atoms with Crippen molar-refractivity contribution in [1.29, 1.82) is 0 Å². The summed E-state index contributed by atoms with van der Waals surface area (Å²) in [7, 11) is 0. The predicted octanol–water partition coefficient (Wildman–Crippen LogP) is 3.05. The van der Waals surface area contributed by atoms with E-state index in [1.807, 2.05) is 42.6 Å². The van der Waals surface area contributed by atoms with Gasteiger partial charge in [0.1, 0.15) is 6.04 Å². The molecule has 2 aromatic carbocycles. The van der Waals surface area contributed by atoms with Crippen molar-refractivity contribution in [2.24, 2.45) is 5.92 Å². The lowest BCUT2D eigenvalue weighted by atomic mass is 10.0. The molecule has 0 spiro atoms. The monoisotopic (exact) mass is 359 g/mol. The molecule has 1 atom stereocenters. The molecule has 2 aliphatic rings. The minimum absolute atomic E-state index is 0.110. The molecular formula is C22H21N3O2. The summed E-state index contributed by atoms with van der Waals surface area (Å²) in [5.41, 5.74) is 4.78. The van der Waals surface area contributed by atoms with E-state index in [9.17, 15) is 9.59 Å². The van der Waals surface area contributed by atoms with E-state index in [4.69, 9.17) is 0 Å². The number of carbonyl (C=O) groups is 2. The number of carbonyl (C=O) groups excluding carboxylic acids is 2. The molecule has 3 amide bonds. The zero-order valence-corrected chi connectivity index (χ0v) is 14.9. The average molecular weight is 359 g/mol. The lowest BCUT2D eigenvalue weighted by Gasteiger charge is -2.17. The summed E-state index contributed by atoms with van der Waals surface area (Å²) in [4.78, 5) is 29.9. The maximum absolute atomic E-state index is 12.9. The molecule has 5 nitrogen and oxygen atoms in total. The van der Waals surface area contributed by atoms with Crippen molar-refractivity contribution in [2.45, 2.75) is 25.3 Å². The van der Waals surface area contributed by atoms with Gasteiger partial charge >= 0.3 is 6.03 Å². The summed E-state index contributed by atoms with van der Waals surface area (Å²) in [5, 5.41) is 3.98. The molecule has 0 saturated carbocycles. The molecule has 5 heteroatoms. The first-order valence-corrected chi connectivity index (χ1v) is 9.42. The van der Waals surface area contributed by atoms with Gasteiger partial charge in [-0.05, 0) is 41.5 Å². The minimum atomic E-state index is -0.486. The Bertz CT molecular complexity index is 1010. The largest absolute Gasteiger partial charge is 0.361 e. The molecule has 0 bridgehead atoms. The molecule has 0 radical (unpaired) electrons. The second kappa shape index (κ2) is 6.27. The van der Waals surface area contributed by atoms with Crippen LogP contribution in [0, 0.1) is 5.92 Å². The quantitative estimate of drug-likeness (QED) is 0.703. The average Bonchev–Trinajstić information content (AvgIpc) is 3.35. The zero-order chi connectivity index (χ0) is 18.4. The molecule has 2 heterocycles. The van der Waals surface area contributed by atoms with E-state index < -0.39 is 6.04 Å². The Morgan fingerprint density at radius 3 is 2.44 bits per heavy atom. The zero-order valence-electron chi connectivity index (χ0n) is 14.9. The van der Waals surface area contributed by atoms with Gasteiger partial charge in [-0.1, -0.05) is 42.5 Å². The van der Waals surface area contributed by atoms with Crippen molar-refractivity contribution in [1.82, 2.24) is 15.2 Å². The maximum atomic E-state index is 12.9. The Balaban J connectivity index is 1.29. The van der Waals surface area contributed by atoms with Gasteiger partial charge in [-0.25, -0.2) is 4.79 Å². The second-order valence-electron chi connectivity index (χ2n) is 7.56. The van der Waals surface area contributed by atoms with Gasteiger partial charge in [0.25, 0.3) is 5.91 Å². The van der Waals surface area contributed by atoms with Crippen molar-refractivity contribution in [2.75, 3.05) is 6.54 Å². The summed E-state index contributed by atoms with van der Waals surface area (Å²) in [6.45, 7) is 0.490. The highest BCUT2D eigenvalue weighted by molar-refractivity contribution is 6.04. The second-order valence-corrected chi connectivity index (χ2v) is 7.56. The highest BCUT2D eigenvalue weighted by atomic mass is 16.2. The van der Waals surface area contributed by atoms with Gasteiger partial charge in [0.2, 0.25) is 0 Å².